The fraction of sp³-hybridized carbons (Fsp3) is 0.500. The first kappa shape index (κ1) is 13.7. The van der Waals surface area contributed by atoms with E-state index >= 15 is 0 Å². The zero-order valence-electron chi connectivity index (χ0n) is 11.1. The standard InChI is InChI=1S/C14H20N2O3/c1-10-2-3-13(12(8-10)14(15)16-17)19-9-11-4-6-18-7-5-11/h2-3,8,11,17H,4-7,9H2,1H3,(H2,15,16). The van der Waals surface area contributed by atoms with E-state index in [0.29, 0.717) is 23.8 Å². The second-order valence-electron chi connectivity index (χ2n) is 4.85. The van der Waals surface area contributed by atoms with Crippen LogP contribution in [0.4, 0.5) is 0 Å². The van der Waals surface area contributed by atoms with Gasteiger partial charge in [0, 0.05) is 13.2 Å². The van der Waals surface area contributed by atoms with Gasteiger partial charge in [-0.3, -0.25) is 0 Å². The van der Waals surface area contributed by atoms with Gasteiger partial charge in [0.2, 0.25) is 0 Å². The number of aryl methyl sites for hydroxylation is 1. The summed E-state index contributed by atoms with van der Waals surface area (Å²) in [6.45, 7) is 4.19. The number of nitrogens with zero attached hydrogens (tertiary/aromatic N) is 1. The zero-order valence-corrected chi connectivity index (χ0v) is 11.1. The maximum absolute atomic E-state index is 8.81. The minimum Gasteiger partial charge on any atom is -0.493 e. The average Bonchev–Trinajstić information content (AvgIpc) is 2.46. The van der Waals surface area contributed by atoms with Gasteiger partial charge in [-0.1, -0.05) is 16.8 Å². The van der Waals surface area contributed by atoms with Gasteiger partial charge in [-0.25, -0.2) is 0 Å². The fourth-order valence-corrected chi connectivity index (χ4v) is 2.14. The molecule has 5 heteroatoms. The minimum absolute atomic E-state index is 0.0747. The highest BCUT2D eigenvalue weighted by atomic mass is 16.5. The quantitative estimate of drug-likeness (QED) is 0.377. The summed E-state index contributed by atoms with van der Waals surface area (Å²) in [5.41, 5.74) is 7.35. The third-order valence-corrected chi connectivity index (χ3v) is 3.33. The van der Waals surface area contributed by atoms with Crippen LogP contribution in [0, 0.1) is 12.8 Å². The molecule has 0 bridgehead atoms. The predicted molar refractivity (Wildman–Crippen MR) is 72.7 cm³/mol. The van der Waals surface area contributed by atoms with Gasteiger partial charge < -0.3 is 20.4 Å². The first-order chi connectivity index (χ1) is 9.20. The van der Waals surface area contributed by atoms with Crippen LogP contribution in [0.5, 0.6) is 5.75 Å². The summed E-state index contributed by atoms with van der Waals surface area (Å²) in [4.78, 5) is 0. The number of oxime groups is 1. The summed E-state index contributed by atoms with van der Waals surface area (Å²) in [7, 11) is 0. The Labute approximate surface area is 113 Å². The van der Waals surface area contributed by atoms with E-state index < -0.39 is 0 Å². The number of nitrogens with two attached hydrogens (primary N) is 1. The van der Waals surface area contributed by atoms with Gasteiger partial charge in [-0.2, -0.15) is 0 Å². The topological polar surface area (TPSA) is 77.1 Å². The van der Waals surface area contributed by atoms with Crippen molar-refractivity contribution in [3.8, 4) is 5.75 Å². The Morgan fingerprint density at radius 1 is 1.47 bits per heavy atom. The van der Waals surface area contributed by atoms with Crippen LogP contribution < -0.4 is 10.5 Å². The van der Waals surface area contributed by atoms with Crippen molar-refractivity contribution in [1.29, 1.82) is 0 Å². The predicted octanol–water partition coefficient (Wildman–Crippen LogP) is 1.89. The molecule has 1 fully saturated rings. The fourth-order valence-electron chi connectivity index (χ4n) is 2.14. The molecule has 0 amide bonds. The van der Waals surface area contributed by atoms with Crippen molar-refractivity contribution < 1.29 is 14.7 Å². The Hall–Kier alpha value is -1.75. The summed E-state index contributed by atoms with van der Waals surface area (Å²) in [5.74, 6) is 1.24. The van der Waals surface area contributed by atoms with E-state index in [1.165, 1.54) is 0 Å². The van der Waals surface area contributed by atoms with Crippen LogP contribution in [-0.4, -0.2) is 30.9 Å². The molecule has 3 N–H and O–H groups in total. The normalized spacial score (nSPS) is 17.4. The second-order valence-corrected chi connectivity index (χ2v) is 4.85. The van der Waals surface area contributed by atoms with E-state index in [1.807, 2.05) is 25.1 Å². The molecule has 5 nitrogen and oxygen atoms in total. The molecule has 0 aromatic heterocycles. The summed E-state index contributed by atoms with van der Waals surface area (Å²) in [6.07, 6.45) is 2.04. The second kappa shape index (κ2) is 6.43. The van der Waals surface area contributed by atoms with E-state index in [2.05, 4.69) is 5.16 Å². The van der Waals surface area contributed by atoms with Gasteiger partial charge in [0.25, 0.3) is 0 Å². The highest BCUT2D eigenvalue weighted by molar-refractivity contribution is 5.99. The van der Waals surface area contributed by atoms with Crippen LogP contribution in [0.3, 0.4) is 0 Å². The number of hydrogen-bond acceptors (Lipinski definition) is 4. The molecule has 0 atom stereocenters. The van der Waals surface area contributed by atoms with Crippen LogP contribution in [0.1, 0.15) is 24.0 Å². The molecule has 0 spiro atoms. The molecule has 0 radical (unpaired) electrons. The summed E-state index contributed by atoms with van der Waals surface area (Å²) in [5, 5.41) is 11.9. The molecule has 1 aliphatic rings. The van der Waals surface area contributed by atoms with Gasteiger partial charge in [0.1, 0.15) is 5.75 Å². The van der Waals surface area contributed by atoms with Crippen molar-refractivity contribution in [2.75, 3.05) is 19.8 Å². The van der Waals surface area contributed by atoms with Crippen LogP contribution in [0.15, 0.2) is 23.4 Å². The van der Waals surface area contributed by atoms with E-state index in [9.17, 15) is 0 Å². The highest BCUT2D eigenvalue weighted by Gasteiger charge is 2.16. The number of amidine groups is 1. The smallest absolute Gasteiger partial charge is 0.173 e. The number of hydrogen-bond donors (Lipinski definition) is 2. The van der Waals surface area contributed by atoms with Crippen molar-refractivity contribution >= 4 is 5.84 Å². The lowest BCUT2D eigenvalue weighted by atomic mass is 10.0. The Bertz CT molecular complexity index is 454. The van der Waals surface area contributed by atoms with Crippen LogP contribution >= 0.6 is 0 Å². The molecule has 0 unspecified atom stereocenters. The number of ether oxygens (including phenoxy) is 2. The Balaban J connectivity index is 2.06. The number of benzene rings is 1. The minimum atomic E-state index is 0.0747. The van der Waals surface area contributed by atoms with Crippen LogP contribution in [0.2, 0.25) is 0 Å². The Kier molecular flexibility index (Phi) is 4.63. The first-order valence-corrected chi connectivity index (χ1v) is 6.50. The summed E-state index contributed by atoms with van der Waals surface area (Å²) >= 11 is 0. The molecule has 1 aromatic rings. The van der Waals surface area contributed by atoms with Gasteiger partial charge in [-0.15, -0.1) is 0 Å². The Morgan fingerprint density at radius 2 is 2.21 bits per heavy atom. The highest BCUT2D eigenvalue weighted by Crippen LogP contribution is 2.22. The molecule has 0 aliphatic carbocycles. The molecular weight excluding hydrogens is 244 g/mol. The molecule has 19 heavy (non-hydrogen) atoms. The molecule has 104 valence electrons. The number of rotatable bonds is 4. The van der Waals surface area contributed by atoms with Gasteiger partial charge in [-0.05, 0) is 37.8 Å². The van der Waals surface area contributed by atoms with Crippen molar-refractivity contribution in [1.82, 2.24) is 0 Å². The maximum atomic E-state index is 8.81. The lowest BCUT2D eigenvalue weighted by molar-refractivity contribution is 0.0497. The summed E-state index contributed by atoms with van der Waals surface area (Å²) in [6, 6.07) is 5.67. The average molecular weight is 264 g/mol. The van der Waals surface area contributed by atoms with Crippen molar-refractivity contribution in [3.63, 3.8) is 0 Å². The maximum Gasteiger partial charge on any atom is 0.173 e. The molecule has 2 rings (SSSR count). The molecule has 1 saturated heterocycles. The van der Waals surface area contributed by atoms with Crippen molar-refractivity contribution in [2.24, 2.45) is 16.8 Å². The van der Waals surface area contributed by atoms with Crippen molar-refractivity contribution in [2.45, 2.75) is 19.8 Å². The van der Waals surface area contributed by atoms with Crippen molar-refractivity contribution in [3.05, 3.63) is 29.3 Å². The Morgan fingerprint density at radius 3 is 2.89 bits per heavy atom. The van der Waals surface area contributed by atoms with Gasteiger partial charge in [0.15, 0.2) is 5.84 Å². The van der Waals surface area contributed by atoms with Gasteiger partial charge >= 0.3 is 0 Å². The molecular formula is C14H20N2O3. The largest absolute Gasteiger partial charge is 0.493 e. The first-order valence-electron chi connectivity index (χ1n) is 6.50. The third kappa shape index (κ3) is 3.61. The SMILES string of the molecule is Cc1ccc(OCC2CCOCC2)c(/C(N)=N/O)c1. The summed E-state index contributed by atoms with van der Waals surface area (Å²) < 4.78 is 11.1. The van der Waals surface area contributed by atoms with E-state index in [-0.39, 0.29) is 5.84 Å². The lowest BCUT2D eigenvalue weighted by Crippen LogP contribution is -2.22. The van der Waals surface area contributed by atoms with Crippen LogP contribution in [0.25, 0.3) is 0 Å². The lowest BCUT2D eigenvalue weighted by Gasteiger charge is -2.22. The molecule has 1 aromatic carbocycles. The molecule has 1 aliphatic heterocycles. The molecule has 1 heterocycles. The van der Waals surface area contributed by atoms with Crippen LogP contribution in [-0.2, 0) is 4.74 Å². The molecule has 0 saturated carbocycles. The third-order valence-electron chi connectivity index (χ3n) is 3.33. The van der Waals surface area contributed by atoms with E-state index in [1.54, 1.807) is 0 Å². The van der Waals surface area contributed by atoms with Gasteiger partial charge in [0.05, 0.1) is 12.2 Å². The van der Waals surface area contributed by atoms with E-state index in [0.717, 1.165) is 31.6 Å². The zero-order chi connectivity index (χ0) is 13.7. The monoisotopic (exact) mass is 264 g/mol. The van der Waals surface area contributed by atoms with E-state index in [4.69, 9.17) is 20.4 Å².